The fraction of sp³-hybridized carbons (Fsp3) is 0.333. The van der Waals surface area contributed by atoms with Crippen LogP contribution in [0, 0.1) is 0 Å². The third-order valence-electron chi connectivity index (χ3n) is 2.75. The van der Waals surface area contributed by atoms with Crippen LogP contribution < -0.4 is 10.5 Å². The number of hydrogen-bond acceptors (Lipinski definition) is 5. The minimum Gasteiger partial charge on any atom is -0.494 e. The second-order valence-corrected chi connectivity index (χ2v) is 4.95. The van der Waals surface area contributed by atoms with Gasteiger partial charge in [-0.15, -0.1) is 10.2 Å². The van der Waals surface area contributed by atoms with Gasteiger partial charge in [0.2, 0.25) is 4.96 Å². The first kappa shape index (κ1) is 11.4. The van der Waals surface area contributed by atoms with Gasteiger partial charge in [0.1, 0.15) is 11.6 Å². The number of ether oxygens (including phenoxy) is 1. The Hall–Kier alpha value is -1.66. The number of aromatic nitrogens is 3. The summed E-state index contributed by atoms with van der Waals surface area (Å²) in [6.45, 7) is 3.23. The molecule has 0 unspecified atom stereocenters. The Balaban J connectivity index is 2.18. The molecule has 3 aromatic rings. The second kappa shape index (κ2) is 4.55. The topological polar surface area (TPSA) is 65.4 Å². The molecule has 6 heteroatoms. The molecule has 2 aromatic heterocycles. The number of thiazole rings is 1. The van der Waals surface area contributed by atoms with Gasteiger partial charge in [0.05, 0.1) is 16.8 Å². The molecule has 0 aliphatic carbocycles. The van der Waals surface area contributed by atoms with Crippen molar-refractivity contribution in [2.45, 2.75) is 13.3 Å². The third kappa shape index (κ3) is 1.74. The number of benzene rings is 1. The van der Waals surface area contributed by atoms with Gasteiger partial charge in [0.15, 0.2) is 0 Å². The maximum absolute atomic E-state index is 5.59. The Bertz CT molecular complexity index is 688. The van der Waals surface area contributed by atoms with Crippen molar-refractivity contribution in [1.29, 1.82) is 0 Å². The SMILES string of the molecule is CCOc1ccc2c(c1)sc1nnc(CCN)n12. The zero-order valence-electron chi connectivity index (χ0n) is 10.1. The van der Waals surface area contributed by atoms with Gasteiger partial charge in [0.25, 0.3) is 0 Å². The summed E-state index contributed by atoms with van der Waals surface area (Å²) < 4.78 is 8.73. The minimum atomic E-state index is 0.579. The number of hydrogen-bond donors (Lipinski definition) is 1. The summed E-state index contributed by atoms with van der Waals surface area (Å²) in [5.74, 6) is 1.81. The molecule has 0 saturated carbocycles. The van der Waals surface area contributed by atoms with E-state index in [0.717, 1.165) is 33.2 Å². The van der Waals surface area contributed by atoms with Crippen molar-refractivity contribution in [3.05, 3.63) is 24.0 Å². The number of fused-ring (bicyclic) bond motifs is 3. The van der Waals surface area contributed by atoms with Gasteiger partial charge in [-0.05, 0) is 31.7 Å². The summed E-state index contributed by atoms with van der Waals surface area (Å²) >= 11 is 1.62. The van der Waals surface area contributed by atoms with Crippen LogP contribution >= 0.6 is 11.3 Å². The van der Waals surface area contributed by atoms with Crippen molar-refractivity contribution in [1.82, 2.24) is 14.6 Å². The monoisotopic (exact) mass is 262 g/mol. The number of nitrogens with zero attached hydrogens (tertiary/aromatic N) is 3. The van der Waals surface area contributed by atoms with Crippen molar-refractivity contribution in [3.63, 3.8) is 0 Å². The largest absolute Gasteiger partial charge is 0.494 e. The van der Waals surface area contributed by atoms with Crippen LogP contribution in [0.1, 0.15) is 12.7 Å². The molecule has 5 nitrogen and oxygen atoms in total. The zero-order chi connectivity index (χ0) is 12.5. The van der Waals surface area contributed by atoms with E-state index in [1.165, 1.54) is 0 Å². The summed E-state index contributed by atoms with van der Waals surface area (Å²) in [6, 6.07) is 6.07. The van der Waals surface area contributed by atoms with E-state index in [9.17, 15) is 0 Å². The summed E-state index contributed by atoms with van der Waals surface area (Å²) in [6.07, 6.45) is 0.736. The van der Waals surface area contributed by atoms with Crippen molar-refractivity contribution in [3.8, 4) is 5.75 Å². The van der Waals surface area contributed by atoms with E-state index < -0.39 is 0 Å². The van der Waals surface area contributed by atoms with Crippen molar-refractivity contribution >= 4 is 26.5 Å². The van der Waals surface area contributed by atoms with E-state index in [0.29, 0.717) is 13.2 Å². The van der Waals surface area contributed by atoms with Crippen LogP contribution in [0.3, 0.4) is 0 Å². The second-order valence-electron chi connectivity index (χ2n) is 3.94. The van der Waals surface area contributed by atoms with Crippen LogP contribution in [0.25, 0.3) is 15.2 Å². The van der Waals surface area contributed by atoms with E-state index >= 15 is 0 Å². The fourth-order valence-electron chi connectivity index (χ4n) is 2.02. The van der Waals surface area contributed by atoms with Gasteiger partial charge >= 0.3 is 0 Å². The lowest BCUT2D eigenvalue weighted by Crippen LogP contribution is -2.06. The molecule has 0 radical (unpaired) electrons. The summed E-state index contributed by atoms with van der Waals surface area (Å²) in [4.78, 5) is 0.905. The van der Waals surface area contributed by atoms with E-state index in [1.54, 1.807) is 11.3 Å². The van der Waals surface area contributed by atoms with Gasteiger partial charge in [-0.3, -0.25) is 4.40 Å². The summed E-state index contributed by atoms with van der Waals surface area (Å²) in [7, 11) is 0. The van der Waals surface area contributed by atoms with E-state index in [-0.39, 0.29) is 0 Å². The molecule has 0 aliphatic heterocycles. The van der Waals surface area contributed by atoms with Crippen LogP contribution in [-0.2, 0) is 6.42 Å². The van der Waals surface area contributed by atoms with Crippen LogP contribution in [0.4, 0.5) is 0 Å². The maximum Gasteiger partial charge on any atom is 0.217 e. The Morgan fingerprint density at radius 1 is 1.39 bits per heavy atom. The molecule has 0 spiro atoms. The van der Waals surface area contributed by atoms with E-state index in [4.69, 9.17) is 10.5 Å². The molecular weight excluding hydrogens is 248 g/mol. The van der Waals surface area contributed by atoms with Crippen LogP contribution in [-0.4, -0.2) is 27.7 Å². The Morgan fingerprint density at radius 2 is 2.28 bits per heavy atom. The van der Waals surface area contributed by atoms with Crippen molar-refractivity contribution in [2.24, 2.45) is 5.73 Å². The lowest BCUT2D eigenvalue weighted by atomic mass is 10.3. The van der Waals surface area contributed by atoms with Gasteiger partial charge in [-0.2, -0.15) is 0 Å². The standard InChI is InChI=1S/C12H14N4OS/c1-2-17-8-3-4-9-10(7-8)18-12-15-14-11(5-6-13)16(9)12/h3-4,7H,2,5-6,13H2,1H3. The smallest absolute Gasteiger partial charge is 0.217 e. The Morgan fingerprint density at radius 3 is 3.06 bits per heavy atom. The van der Waals surface area contributed by atoms with Gasteiger partial charge in [0, 0.05) is 6.42 Å². The first-order valence-corrected chi connectivity index (χ1v) is 6.74. The van der Waals surface area contributed by atoms with Gasteiger partial charge in [-0.25, -0.2) is 0 Å². The predicted molar refractivity (Wildman–Crippen MR) is 72.3 cm³/mol. The molecule has 3 rings (SSSR count). The average molecular weight is 262 g/mol. The van der Waals surface area contributed by atoms with Gasteiger partial charge < -0.3 is 10.5 Å². The molecule has 94 valence electrons. The molecule has 0 saturated heterocycles. The maximum atomic E-state index is 5.59. The fourth-order valence-corrected chi connectivity index (χ4v) is 3.03. The molecule has 0 bridgehead atoms. The Labute approximate surface area is 108 Å². The van der Waals surface area contributed by atoms with Gasteiger partial charge in [-0.1, -0.05) is 11.3 Å². The van der Waals surface area contributed by atoms with E-state index in [2.05, 4.69) is 14.6 Å². The summed E-state index contributed by atoms with van der Waals surface area (Å²) in [5.41, 5.74) is 6.71. The zero-order valence-corrected chi connectivity index (χ0v) is 10.9. The quantitative estimate of drug-likeness (QED) is 0.779. The number of nitrogens with two attached hydrogens (primary N) is 1. The lowest BCUT2D eigenvalue weighted by Gasteiger charge is -2.02. The normalized spacial score (nSPS) is 11.4. The minimum absolute atomic E-state index is 0.579. The molecular formula is C12H14N4OS. The number of rotatable bonds is 4. The van der Waals surface area contributed by atoms with Crippen molar-refractivity contribution < 1.29 is 4.74 Å². The van der Waals surface area contributed by atoms with Crippen LogP contribution in [0.5, 0.6) is 5.75 Å². The molecule has 0 amide bonds. The highest BCUT2D eigenvalue weighted by atomic mass is 32.1. The average Bonchev–Trinajstić information content (AvgIpc) is 2.89. The Kier molecular flexibility index (Phi) is 2.89. The van der Waals surface area contributed by atoms with E-state index in [1.807, 2.05) is 25.1 Å². The molecule has 2 N–H and O–H groups in total. The van der Waals surface area contributed by atoms with Crippen LogP contribution in [0.15, 0.2) is 18.2 Å². The lowest BCUT2D eigenvalue weighted by molar-refractivity contribution is 0.341. The highest BCUT2D eigenvalue weighted by Crippen LogP contribution is 2.29. The predicted octanol–water partition coefficient (Wildman–Crippen LogP) is 1.84. The first-order valence-electron chi connectivity index (χ1n) is 5.93. The summed E-state index contributed by atoms with van der Waals surface area (Å²) in [5, 5.41) is 8.35. The first-order chi connectivity index (χ1) is 8.83. The molecule has 0 atom stereocenters. The van der Waals surface area contributed by atoms with Crippen LogP contribution in [0.2, 0.25) is 0 Å². The highest BCUT2D eigenvalue weighted by Gasteiger charge is 2.12. The molecule has 0 aliphatic rings. The van der Waals surface area contributed by atoms with Crippen molar-refractivity contribution in [2.75, 3.05) is 13.2 Å². The highest BCUT2D eigenvalue weighted by molar-refractivity contribution is 7.23. The third-order valence-corrected chi connectivity index (χ3v) is 3.75. The molecule has 1 aromatic carbocycles. The molecule has 0 fully saturated rings. The molecule has 18 heavy (non-hydrogen) atoms. The molecule has 2 heterocycles.